The molecule has 0 aliphatic heterocycles. The summed E-state index contributed by atoms with van der Waals surface area (Å²) in [5.74, 6) is 0.306. The van der Waals surface area contributed by atoms with E-state index in [4.69, 9.17) is 8.94 Å². The molecule has 0 bridgehead atoms. The minimum absolute atomic E-state index is 0.0107. The van der Waals surface area contributed by atoms with Crippen LogP contribution in [0.4, 0.5) is 5.69 Å². The van der Waals surface area contributed by atoms with E-state index in [0.717, 1.165) is 5.56 Å². The number of rotatable bonds is 7. The summed E-state index contributed by atoms with van der Waals surface area (Å²) in [6.07, 6.45) is 4.72. The van der Waals surface area contributed by atoms with E-state index in [2.05, 4.69) is 25.8 Å². The maximum Gasteiger partial charge on any atom is 0.291 e. The summed E-state index contributed by atoms with van der Waals surface area (Å²) in [5, 5.41) is 9.68. The number of amides is 2. The van der Waals surface area contributed by atoms with Crippen molar-refractivity contribution in [2.45, 2.75) is 19.9 Å². The zero-order chi connectivity index (χ0) is 22.5. The average molecular weight is 431 g/mol. The van der Waals surface area contributed by atoms with Crippen LogP contribution in [0.15, 0.2) is 76.1 Å². The Bertz CT molecular complexity index is 1180. The second-order valence-corrected chi connectivity index (χ2v) is 7.40. The zero-order valence-electron chi connectivity index (χ0n) is 17.5. The smallest absolute Gasteiger partial charge is 0.291 e. The Kier molecular flexibility index (Phi) is 6.07. The van der Waals surface area contributed by atoms with Crippen LogP contribution in [-0.4, -0.2) is 26.9 Å². The van der Waals surface area contributed by atoms with Gasteiger partial charge in [0.15, 0.2) is 5.76 Å². The number of hydrogen-bond donors (Lipinski definition) is 2. The number of carbonyl (C=O) groups excluding carboxylic acids is 2. The molecule has 0 saturated carbocycles. The van der Waals surface area contributed by atoms with Crippen molar-refractivity contribution in [3.05, 3.63) is 84.4 Å². The minimum Gasteiger partial charge on any atom is -0.459 e. The van der Waals surface area contributed by atoms with E-state index in [1.165, 1.54) is 6.26 Å². The van der Waals surface area contributed by atoms with Crippen molar-refractivity contribution in [1.29, 1.82) is 0 Å². The van der Waals surface area contributed by atoms with Crippen LogP contribution >= 0.6 is 0 Å². The highest BCUT2D eigenvalue weighted by atomic mass is 16.5. The minimum atomic E-state index is -0.469. The molecule has 4 rings (SSSR count). The molecule has 0 radical (unpaired) electrons. The average Bonchev–Trinajstić information content (AvgIpc) is 3.51. The normalized spacial score (nSPS) is 11.8. The lowest BCUT2D eigenvalue weighted by Crippen LogP contribution is -2.32. The number of aromatic nitrogens is 3. The number of carbonyl (C=O) groups is 2. The van der Waals surface area contributed by atoms with Crippen LogP contribution in [0.25, 0.3) is 11.4 Å². The van der Waals surface area contributed by atoms with Crippen LogP contribution in [0.3, 0.4) is 0 Å². The van der Waals surface area contributed by atoms with Gasteiger partial charge in [0.25, 0.3) is 11.8 Å². The van der Waals surface area contributed by atoms with Gasteiger partial charge in [-0.05, 0) is 54.4 Å². The first-order chi connectivity index (χ1) is 15.5. The van der Waals surface area contributed by atoms with Crippen LogP contribution in [0.5, 0.6) is 0 Å². The third-order valence-corrected chi connectivity index (χ3v) is 4.75. The molecule has 3 heterocycles. The Morgan fingerprint density at radius 2 is 1.72 bits per heavy atom. The summed E-state index contributed by atoms with van der Waals surface area (Å²) < 4.78 is 10.5. The molecule has 3 aromatic heterocycles. The highest BCUT2D eigenvalue weighted by Crippen LogP contribution is 2.24. The first-order valence-corrected chi connectivity index (χ1v) is 10.0. The van der Waals surface area contributed by atoms with Gasteiger partial charge in [0.1, 0.15) is 6.04 Å². The van der Waals surface area contributed by atoms with E-state index in [0.29, 0.717) is 23.0 Å². The third-order valence-electron chi connectivity index (χ3n) is 4.75. The van der Waals surface area contributed by atoms with Gasteiger partial charge in [0.05, 0.1) is 6.26 Å². The fraction of sp³-hybridized carbons (Fsp3) is 0.174. The Labute approximate surface area is 183 Å². The second kappa shape index (κ2) is 9.25. The number of anilines is 1. The van der Waals surface area contributed by atoms with Gasteiger partial charge in [-0.25, -0.2) is 0 Å². The van der Waals surface area contributed by atoms with Gasteiger partial charge in [-0.2, -0.15) is 4.98 Å². The lowest BCUT2D eigenvalue weighted by Gasteiger charge is -2.18. The largest absolute Gasteiger partial charge is 0.459 e. The molecular formula is C23H21N5O4. The molecule has 32 heavy (non-hydrogen) atoms. The van der Waals surface area contributed by atoms with Crippen LogP contribution in [0, 0.1) is 5.92 Å². The Morgan fingerprint density at radius 1 is 0.969 bits per heavy atom. The molecule has 2 amide bonds. The third kappa shape index (κ3) is 4.72. The van der Waals surface area contributed by atoms with Gasteiger partial charge in [-0.3, -0.25) is 14.6 Å². The van der Waals surface area contributed by atoms with Crippen LogP contribution < -0.4 is 10.6 Å². The predicted octanol–water partition coefficient (Wildman–Crippen LogP) is 4.10. The molecule has 1 unspecified atom stereocenters. The van der Waals surface area contributed by atoms with Crippen LogP contribution in [0.1, 0.15) is 46.7 Å². The number of furan rings is 1. The highest BCUT2D eigenvalue weighted by Gasteiger charge is 2.25. The van der Waals surface area contributed by atoms with Crippen LogP contribution in [0.2, 0.25) is 0 Å². The molecule has 162 valence electrons. The summed E-state index contributed by atoms with van der Waals surface area (Å²) >= 11 is 0. The van der Waals surface area contributed by atoms with Gasteiger partial charge >= 0.3 is 0 Å². The molecule has 1 aromatic carbocycles. The second-order valence-electron chi connectivity index (χ2n) is 7.40. The zero-order valence-corrected chi connectivity index (χ0v) is 17.5. The first-order valence-electron chi connectivity index (χ1n) is 10.0. The van der Waals surface area contributed by atoms with Crippen molar-refractivity contribution in [2.75, 3.05) is 5.32 Å². The van der Waals surface area contributed by atoms with Crippen molar-refractivity contribution < 1.29 is 18.5 Å². The van der Waals surface area contributed by atoms with E-state index >= 15 is 0 Å². The molecule has 0 fully saturated rings. The molecule has 4 aromatic rings. The van der Waals surface area contributed by atoms with Gasteiger partial charge in [0, 0.05) is 29.2 Å². The van der Waals surface area contributed by atoms with Gasteiger partial charge in [-0.15, -0.1) is 0 Å². The number of hydrogen-bond acceptors (Lipinski definition) is 7. The van der Waals surface area contributed by atoms with E-state index in [9.17, 15) is 9.59 Å². The van der Waals surface area contributed by atoms with Crippen molar-refractivity contribution >= 4 is 17.5 Å². The highest BCUT2D eigenvalue weighted by molar-refractivity contribution is 6.02. The molecule has 0 aliphatic rings. The van der Waals surface area contributed by atoms with Gasteiger partial charge < -0.3 is 19.6 Å². The predicted molar refractivity (Wildman–Crippen MR) is 116 cm³/mol. The van der Waals surface area contributed by atoms with Crippen molar-refractivity contribution in [3.8, 4) is 11.4 Å². The molecule has 0 saturated heterocycles. The molecule has 1 atom stereocenters. The molecule has 0 spiro atoms. The summed E-state index contributed by atoms with van der Waals surface area (Å²) in [6.45, 7) is 3.91. The summed E-state index contributed by atoms with van der Waals surface area (Å²) in [4.78, 5) is 33.3. The van der Waals surface area contributed by atoms with Crippen molar-refractivity contribution in [2.24, 2.45) is 5.92 Å². The number of pyridine rings is 1. The molecule has 2 N–H and O–H groups in total. The Balaban J connectivity index is 1.44. The Hall–Kier alpha value is -4.27. The number of nitrogens with one attached hydrogen (secondary N) is 2. The fourth-order valence-electron chi connectivity index (χ4n) is 3.02. The standard InChI is InChI=1S/C23H21N5O4/c1-14(2)19(23-27-20(28-32-23)15-9-11-24-12-10-15)26-21(29)16-5-7-17(8-6-16)25-22(30)18-4-3-13-31-18/h3-14,19H,1-2H3,(H,25,30)(H,26,29). The van der Waals surface area contributed by atoms with Crippen LogP contribution in [-0.2, 0) is 0 Å². The Morgan fingerprint density at radius 3 is 2.38 bits per heavy atom. The molecule has 0 aliphatic carbocycles. The van der Waals surface area contributed by atoms with E-state index in [-0.39, 0.29) is 23.5 Å². The van der Waals surface area contributed by atoms with Gasteiger partial charge in [0.2, 0.25) is 11.7 Å². The summed E-state index contributed by atoms with van der Waals surface area (Å²) in [5.41, 5.74) is 1.75. The topological polar surface area (TPSA) is 123 Å². The lowest BCUT2D eigenvalue weighted by atomic mass is 10.0. The van der Waals surface area contributed by atoms with Gasteiger partial charge in [-0.1, -0.05) is 19.0 Å². The summed E-state index contributed by atoms with van der Waals surface area (Å²) in [7, 11) is 0. The molecule has 9 heteroatoms. The quantitative estimate of drug-likeness (QED) is 0.451. The first kappa shape index (κ1) is 21.0. The summed E-state index contributed by atoms with van der Waals surface area (Å²) in [6, 6.07) is 12.8. The molecule has 9 nitrogen and oxygen atoms in total. The number of benzene rings is 1. The van der Waals surface area contributed by atoms with Crippen molar-refractivity contribution in [3.63, 3.8) is 0 Å². The molecular weight excluding hydrogens is 410 g/mol. The fourth-order valence-corrected chi connectivity index (χ4v) is 3.02. The van der Waals surface area contributed by atoms with E-state index in [1.54, 1.807) is 60.9 Å². The van der Waals surface area contributed by atoms with E-state index in [1.807, 2.05) is 13.8 Å². The monoisotopic (exact) mass is 431 g/mol. The maximum atomic E-state index is 12.8. The van der Waals surface area contributed by atoms with E-state index < -0.39 is 6.04 Å². The van der Waals surface area contributed by atoms with Crippen molar-refractivity contribution in [1.82, 2.24) is 20.4 Å². The SMILES string of the molecule is CC(C)C(NC(=O)c1ccc(NC(=O)c2ccco2)cc1)c1nc(-c2ccncc2)no1. The number of nitrogens with zero attached hydrogens (tertiary/aromatic N) is 3. The lowest BCUT2D eigenvalue weighted by molar-refractivity contribution is 0.0913. The maximum absolute atomic E-state index is 12.8.